The van der Waals surface area contributed by atoms with Crippen molar-refractivity contribution in [3.8, 4) is 0 Å². The summed E-state index contributed by atoms with van der Waals surface area (Å²) in [7, 11) is 0. The monoisotopic (exact) mass is 237 g/mol. The van der Waals surface area contributed by atoms with Gasteiger partial charge in [0.05, 0.1) is 11.0 Å². The number of rotatable bonds is 3. The molecule has 1 rings (SSSR count). The molecule has 5 heteroatoms. The summed E-state index contributed by atoms with van der Waals surface area (Å²) in [5, 5.41) is 0. The first-order chi connectivity index (χ1) is 7.91. The molecule has 0 saturated heterocycles. The summed E-state index contributed by atoms with van der Waals surface area (Å²) in [4.78, 5) is 26.6. The second kappa shape index (κ2) is 5.43. The van der Waals surface area contributed by atoms with Crippen molar-refractivity contribution in [1.29, 1.82) is 0 Å². The second-order valence-corrected chi connectivity index (χ2v) is 4.47. The number of esters is 2. The van der Waals surface area contributed by atoms with Crippen LogP contribution in [0, 0.1) is 5.41 Å². The predicted octanol–water partition coefficient (Wildman–Crippen LogP) is 1.79. The molecule has 0 atom stereocenters. The van der Waals surface area contributed by atoms with E-state index in [2.05, 4.69) is 4.98 Å². The minimum Gasteiger partial charge on any atom is -0.427 e. The quantitative estimate of drug-likeness (QED) is 0.592. The minimum absolute atomic E-state index is 0.367. The first-order valence-corrected chi connectivity index (χ1v) is 5.15. The molecule has 0 unspecified atom stereocenters. The van der Waals surface area contributed by atoms with Gasteiger partial charge in [0.1, 0.15) is 0 Å². The topological polar surface area (TPSA) is 65.5 Å². The summed E-state index contributed by atoms with van der Waals surface area (Å²) < 4.78 is 9.59. The number of carbonyl (C=O) groups excluding carboxylic acids is 2. The maximum Gasteiger partial charge on any atom is 0.341 e. The Hall–Kier alpha value is -1.91. The molecule has 0 aromatic carbocycles. The van der Waals surface area contributed by atoms with Crippen molar-refractivity contribution in [3.63, 3.8) is 0 Å². The van der Waals surface area contributed by atoms with E-state index in [0.29, 0.717) is 5.56 Å². The van der Waals surface area contributed by atoms with E-state index >= 15 is 0 Å². The van der Waals surface area contributed by atoms with Gasteiger partial charge in [-0.1, -0.05) is 0 Å². The summed E-state index contributed by atoms with van der Waals surface area (Å²) in [6.07, 6.45) is 2.97. The Balaban J connectivity index is 2.38. The third kappa shape index (κ3) is 4.22. The van der Waals surface area contributed by atoms with Crippen LogP contribution in [-0.2, 0) is 14.3 Å². The summed E-state index contributed by atoms with van der Waals surface area (Å²) >= 11 is 0. The van der Waals surface area contributed by atoms with Crippen LogP contribution in [0.2, 0.25) is 0 Å². The first-order valence-electron chi connectivity index (χ1n) is 5.15. The van der Waals surface area contributed by atoms with Gasteiger partial charge in [0.2, 0.25) is 6.79 Å². The second-order valence-electron chi connectivity index (χ2n) is 4.47. The summed E-state index contributed by atoms with van der Waals surface area (Å²) in [6, 6.07) is 3.04. The van der Waals surface area contributed by atoms with Crippen molar-refractivity contribution >= 4 is 11.9 Å². The van der Waals surface area contributed by atoms with E-state index in [1.165, 1.54) is 24.5 Å². The van der Waals surface area contributed by atoms with Crippen molar-refractivity contribution in [2.75, 3.05) is 6.79 Å². The van der Waals surface area contributed by atoms with E-state index in [1.807, 2.05) is 0 Å². The van der Waals surface area contributed by atoms with E-state index in [1.54, 1.807) is 20.8 Å². The zero-order valence-corrected chi connectivity index (χ0v) is 10.1. The number of pyridine rings is 1. The van der Waals surface area contributed by atoms with Gasteiger partial charge in [-0.25, -0.2) is 4.79 Å². The Morgan fingerprint density at radius 1 is 1.18 bits per heavy atom. The lowest BCUT2D eigenvalue weighted by Crippen LogP contribution is -2.24. The highest BCUT2D eigenvalue weighted by atomic mass is 16.7. The van der Waals surface area contributed by atoms with E-state index in [-0.39, 0.29) is 6.79 Å². The molecule has 1 aromatic heterocycles. The normalized spacial score (nSPS) is 10.8. The number of ether oxygens (including phenoxy) is 2. The smallest absolute Gasteiger partial charge is 0.341 e. The van der Waals surface area contributed by atoms with Gasteiger partial charge in [-0.3, -0.25) is 9.78 Å². The van der Waals surface area contributed by atoms with Crippen LogP contribution < -0.4 is 0 Å². The predicted molar refractivity (Wildman–Crippen MR) is 60.1 cm³/mol. The molecule has 5 nitrogen and oxygen atoms in total. The van der Waals surface area contributed by atoms with Gasteiger partial charge in [0.15, 0.2) is 0 Å². The molecule has 0 aliphatic carbocycles. The molecule has 0 aliphatic heterocycles. The van der Waals surface area contributed by atoms with Crippen LogP contribution in [-0.4, -0.2) is 23.7 Å². The first kappa shape index (κ1) is 13.2. The van der Waals surface area contributed by atoms with Crippen molar-refractivity contribution in [3.05, 3.63) is 30.1 Å². The van der Waals surface area contributed by atoms with Gasteiger partial charge in [0.25, 0.3) is 0 Å². The fourth-order valence-corrected chi connectivity index (χ4v) is 0.924. The lowest BCUT2D eigenvalue weighted by Gasteiger charge is -2.16. The Morgan fingerprint density at radius 2 is 1.76 bits per heavy atom. The molecule has 92 valence electrons. The molecule has 0 saturated carbocycles. The number of aromatic nitrogens is 1. The SMILES string of the molecule is CC(C)(C)C(=O)OCOC(=O)c1ccncc1. The molecule has 1 heterocycles. The average molecular weight is 237 g/mol. The van der Waals surface area contributed by atoms with Gasteiger partial charge in [-0.15, -0.1) is 0 Å². The zero-order valence-electron chi connectivity index (χ0n) is 10.1. The number of nitrogens with zero attached hydrogens (tertiary/aromatic N) is 1. The minimum atomic E-state index is -0.608. The molecule has 0 amide bonds. The fourth-order valence-electron chi connectivity index (χ4n) is 0.924. The highest BCUT2D eigenvalue weighted by Crippen LogP contribution is 2.15. The highest BCUT2D eigenvalue weighted by molar-refractivity contribution is 5.89. The Labute approximate surface area is 99.8 Å². The molecule has 1 aromatic rings. The average Bonchev–Trinajstić information content (AvgIpc) is 2.28. The van der Waals surface area contributed by atoms with E-state index in [0.717, 1.165) is 0 Å². The van der Waals surface area contributed by atoms with Gasteiger partial charge in [-0.05, 0) is 32.9 Å². The highest BCUT2D eigenvalue weighted by Gasteiger charge is 2.23. The number of carbonyl (C=O) groups is 2. The van der Waals surface area contributed by atoms with Crippen LogP contribution in [0.4, 0.5) is 0 Å². The summed E-state index contributed by atoms with van der Waals surface area (Å²) in [6.45, 7) is 4.79. The van der Waals surface area contributed by atoms with Crippen LogP contribution in [0.25, 0.3) is 0 Å². The number of hydrogen-bond acceptors (Lipinski definition) is 5. The molecular weight excluding hydrogens is 222 g/mol. The number of hydrogen-bond donors (Lipinski definition) is 0. The molecule has 0 radical (unpaired) electrons. The van der Waals surface area contributed by atoms with Crippen molar-refractivity contribution in [2.24, 2.45) is 5.41 Å². The molecule has 0 aliphatic rings. The van der Waals surface area contributed by atoms with E-state index in [9.17, 15) is 9.59 Å². The standard InChI is InChI=1S/C12H15NO4/c1-12(2,3)11(15)17-8-16-10(14)9-4-6-13-7-5-9/h4-7H,8H2,1-3H3. The summed E-state index contributed by atoms with van der Waals surface area (Å²) in [5.41, 5.74) is -0.241. The van der Waals surface area contributed by atoms with Crippen LogP contribution >= 0.6 is 0 Å². The molecule has 0 bridgehead atoms. The maximum absolute atomic E-state index is 11.4. The fraction of sp³-hybridized carbons (Fsp3) is 0.417. The van der Waals surface area contributed by atoms with Gasteiger partial charge < -0.3 is 9.47 Å². The molecule has 0 spiro atoms. The van der Waals surface area contributed by atoms with Crippen LogP contribution in [0.15, 0.2) is 24.5 Å². The third-order valence-electron chi connectivity index (χ3n) is 1.91. The van der Waals surface area contributed by atoms with Crippen LogP contribution in [0.3, 0.4) is 0 Å². The van der Waals surface area contributed by atoms with Crippen molar-refractivity contribution in [2.45, 2.75) is 20.8 Å². The Kier molecular flexibility index (Phi) is 4.20. The van der Waals surface area contributed by atoms with E-state index in [4.69, 9.17) is 9.47 Å². The molecular formula is C12H15NO4. The van der Waals surface area contributed by atoms with Gasteiger partial charge in [-0.2, -0.15) is 0 Å². The maximum atomic E-state index is 11.4. The van der Waals surface area contributed by atoms with E-state index < -0.39 is 17.4 Å². The van der Waals surface area contributed by atoms with Gasteiger partial charge in [0, 0.05) is 12.4 Å². The van der Waals surface area contributed by atoms with Crippen molar-refractivity contribution in [1.82, 2.24) is 4.98 Å². The Bertz CT molecular complexity index is 395. The third-order valence-corrected chi connectivity index (χ3v) is 1.91. The van der Waals surface area contributed by atoms with Crippen molar-refractivity contribution < 1.29 is 19.1 Å². The van der Waals surface area contributed by atoms with Crippen LogP contribution in [0.1, 0.15) is 31.1 Å². The molecule has 0 N–H and O–H groups in total. The van der Waals surface area contributed by atoms with Gasteiger partial charge >= 0.3 is 11.9 Å². The molecule has 0 fully saturated rings. The largest absolute Gasteiger partial charge is 0.427 e. The lowest BCUT2D eigenvalue weighted by molar-refractivity contribution is -0.161. The lowest BCUT2D eigenvalue weighted by atomic mass is 9.98. The molecule has 17 heavy (non-hydrogen) atoms. The zero-order chi connectivity index (χ0) is 12.9. The Morgan fingerprint density at radius 3 is 2.29 bits per heavy atom. The summed E-state index contributed by atoms with van der Waals surface area (Å²) in [5.74, 6) is -0.964. The van der Waals surface area contributed by atoms with Crippen LogP contribution in [0.5, 0.6) is 0 Å².